The molecule has 0 unspecified atom stereocenters. The lowest BCUT2D eigenvalue weighted by atomic mass is 10.2. The number of carbonyl (C=O) groups excluding carboxylic acids is 1. The Morgan fingerprint density at radius 2 is 2.00 bits per heavy atom. The maximum absolute atomic E-state index is 12.1. The quantitative estimate of drug-likeness (QED) is 0.804. The number of nitrogens with zero attached hydrogens (tertiary/aromatic N) is 2. The number of fused-ring (bicyclic) bond motifs is 1. The van der Waals surface area contributed by atoms with Gasteiger partial charge in [-0.05, 0) is 24.3 Å². The van der Waals surface area contributed by atoms with Crippen LogP contribution < -0.4 is 5.32 Å². The summed E-state index contributed by atoms with van der Waals surface area (Å²) in [4.78, 5) is 12.1. The monoisotopic (exact) mass is 285 g/mol. The van der Waals surface area contributed by atoms with Crippen molar-refractivity contribution in [3.05, 3.63) is 71.0 Å². The number of carbonyl (C=O) groups is 1. The standard InChI is InChI=1S/C15H12ClN3O/c16-13-6-2-1-5-12(13)15(20)17-9-11-10-18-19-8-4-3-7-14(11)19/h1-8,10H,9H2,(H,17,20). The van der Waals surface area contributed by atoms with E-state index in [2.05, 4.69) is 10.4 Å². The molecule has 2 heterocycles. The van der Waals surface area contributed by atoms with Crippen LogP contribution in [0.1, 0.15) is 15.9 Å². The van der Waals surface area contributed by atoms with E-state index in [1.54, 1.807) is 35.0 Å². The topological polar surface area (TPSA) is 46.4 Å². The van der Waals surface area contributed by atoms with Gasteiger partial charge < -0.3 is 5.32 Å². The molecule has 3 rings (SSSR count). The van der Waals surface area contributed by atoms with Crippen LogP contribution >= 0.6 is 11.6 Å². The molecule has 0 fully saturated rings. The maximum Gasteiger partial charge on any atom is 0.253 e. The maximum atomic E-state index is 12.1. The van der Waals surface area contributed by atoms with Crippen molar-refractivity contribution in [2.45, 2.75) is 6.54 Å². The Morgan fingerprint density at radius 1 is 1.20 bits per heavy atom. The van der Waals surface area contributed by atoms with Crippen LogP contribution in [0.5, 0.6) is 0 Å². The summed E-state index contributed by atoms with van der Waals surface area (Å²) in [6, 6.07) is 12.8. The van der Waals surface area contributed by atoms with Gasteiger partial charge in [0, 0.05) is 18.3 Å². The molecule has 5 heteroatoms. The molecule has 0 aliphatic rings. The summed E-state index contributed by atoms with van der Waals surface area (Å²) in [6.45, 7) is 0.414. The number of rotatable bonds is 3. The lowest BCUT2D eigenvalue weighted by Gasteiger charge is -2.05. The molecule has 0 radical (unpaired) electrons. The van der Waals surface area contributed by atoms with Crippen molar-refractivity contribution >= 4 is 23.0 Å². The predicted octanol–water partition coefficient (Wildman–Crippen LogP) is 2.92. The van der Waals surface area contributed by atoms with Crippen molar-refractivity contribution in [2.75, 3.05) is 0 Å². The Balaban J connectivity index is 1.77. The number of amides is 1. The van der Waals surface area contributed by atoms with Crippen molar-refractivity contribution in [1.82, 2.24) is 14.9 Å². The van der Waals surface area contributed by atoms with Crippen LogP contribution in [0.3, 0.4) is 0 Å². The summed E-state index contributed by atoms with van der Waals surface area (Å²) in [5, 5.41) is 7.53. The number of halogens is 1. The highest BCUT2D eigenvalue weighted by Gasteiger charge is 2.10. The molecule has 0 spiro atoms. The highest BCUT2D eigenvalue weighted by atomic mass is 35.5. The molecule has 0 bridgehead atoms. The smallest absolute Gasteiger partial charge is 0.253 e. The molecule has 0 saturated heterocycles. The van der Waals surface area contributed by atoms with E-state index in [4.69, 9.17) is 11.6 Å². The summed E-state index contributed by atoms with van der Waals surface area (Å²) < 4.78 is 1.77. The number of aromatic nitrogens is 2. The third-order valence-electron chi connectivity index (χ3n) is 3.06. The minimum absolute atomic E-state index is 0.189. The molecule has 20 heavy (non-hydrogen) atoms. The first kappa shape index (κ1) is 12.7. The zero-order valence-electron chi connectivity index (χ0n) is 10.6. The van der Waals surface area contributed by atoms with Gasteiger partial charge in [-0.1, -0.05) is 29.8 Å². The van der Waals surface area contributed by atoms with Gasteiger partial charge in [0.15, 0.2) is 0 Å². The average Bonchev–Trinajstić information content (AvgIpc) is 2.88. The fourth-order valence-corrected chi connectivity index (χ4v) is 2.26. The molecule has 1 amide bonds. The minimum atomic E-state index is -0.189. The van der Waals surface area contributed by atoms with E-state index < -0.39 is 0 Å². The van der Waals surface area contributed by atoms with Gasteiger partial charge in [0.2, 0.25) is 0 Å². The highest BCUT2D eigenvalue weighted by Crippen LogP contribution is 2.15. The lowest BCUT2D eigenvalue weighted by molar-refractivity contribution is 0.0951. The second kappa shape index (κ2) is 5.35. The lowest BCUT2D eigenvalue weighted by Crippen LogP contribution is -2.22. The van der Waals surface area contributed by atoms with Crippen LogP contribution in [0.25, 0.3) is 5.52 Å². The van der Waals surface area contributed by atoms with E-state index in [-0.39, 0.29) is 5.91 Å². The van der Waals surface area contributed by atoms with Crippen LogP contribution in [0, 0.1) is 0 Å². The summed E-state index contributed by atoms with van der Waals surface area (Å²) in [7, 11) is 0. The van der Waals surface area contributed by atoms with Gasteiger partial charge in [-0.2, -0.15) is 5.10 Å². The summed E-state index contributed by atoms with van der Waals surface area (Å²) >= 11 is 6.00. The van der Waals surface area contributed by atoms with Crippen molar-refractivity contribution in [1.29, 1.82) is 0 Å². The van der Waals surface area contributed by atoms with Crippen LogP contribution in [-0.4, -0.2) is 15.5 Å². The zero-order valence-corrected chi connectivity index (χ0v) is 11.3. The van der Waals surface area contributed by atoms with Gasteiger partial charge in [-0.25, -0.2) is 4.52 Å². The molecule has 1 aromatic carbocycles. The average molecular weight is 286 g/mol. The molecule has 2 aromatic heterocycles. The van der Waals surface area contributed by atoms with Crippen molar-refractivity contribution in [3.8, 4) is 0 Å². The third kappa shape index (κ3) is 2.38. The first-order valence-electron chi connectivity index (χ1n) is 6.19. The van der Waals surface area contributed by atoms with Gasteiger partial charge in [0.25, 0.3) is 5.91 Å². The van der Waals surface area contributed by atoms with Gasteiger partial charge in [0.1, 0.15) is 0 Å². The Hall–Kier alpha value is -2.33. The first-order chi connectivity index (χ1) is 9.75. The largest absolute Gasteiger partial charge is 0.348 e. The van der Waals surface area contributed by atoms with Crippen molar-refractivity contribution in [3.63, 3.8) is 0 Å². The van der Waals surface area contributed by atoms with Gasteiger partial charge in [0.05, 0.1) is 22.3 Å². The molecular formula is C15H12ClN3O. The molecule has 4 nitrogen and oxygen atoms in total. The van der Waals surface area contributed by atoms with Crippen LogP contribution in [0.2, 0.25) is 5.02 Å². The normalized spacial score (nSPS) is 10.7. The Labute approximate surface area is 121 Å². The molecule has 0 atom stereocenters. The number of hydrogen-bond donors (Lipinski definition) is 1. The SMILES string of the molecule is O=C(NCc1cnn2ccccc12)c1ccccc1Cl. The Bertz CT molecular complexity index is 766. The number of pyridine rings is 1. The predicted molar refractivity (Wildman–Crippen MR) is 77.8 cm³/mol. The summed E-state index contributed by atoms with van der Waals surface area (Å²) in [5.74, 6) is -0.189. The van der Waals surface area contributed by atoms with Crippen LogP contribution in [-0.2, 0) is 6.54 Å². The molecule has 0 aliphatic heterocycles. The summed E-state index contributed by atoms with van der Waals surface area (Å²) in [5.41, 5.74) is 2.42. The van der Waals surface area contributed by atoms with Gasteiger partial charge in [-0.3, -0.25) is 4.79 Å². The fourth-order valence-electron chi connectivity index (χ4n) is 2.04. The van der Waals surface area contributed by atoms with E-state index >= 15 is 0 Å². The molecule has 0 saturated carbocycles. The second-order valence-corrected chi connectivity index (χ2v) is 4.77. The number of hydrogen-bond acceptors (Lipinski definition) is 2. The third-order valence-corrected chi connectivity index (χ3v) is 3.39. The van der Waals surface area contributed by atoms with Crippen molar-refractivity contribution in [2.24, 2.45) is 0 Å². The van der Waals surface area contributed by atoms with E-state index in [1.165, 1.54) is 0 Å². The van der Waals surface area contributed by atoms with Gasteiger partial charge >= 0.3 is 0 Å². The van der Waals surface area contributed by atoms with Crippen LogP contribution in [0.15, 0.2) is 54.9 Å². The minimum Gasteiger partial charge on any atom is -0.348 e. The number of nitrogens with one attached hydrogen (secondary N) is 1. The van der Waals surface area contributed by atoms with Crippen LogP contribution in [0.4, 0.5) is 0 Å². The first-order valence-corrected chi connectivity index (χ1v) is 6.57. The molecule has 100 valence electrons. The zero-order chi connectivity index (χ0) is 13.9. The van der Waals surface area contributed by atoms with E-state index in [0.29, 0.717) is 17.1 Å². The molecule has 1 N–H and O–H groups in total. The van der Waals surface area contributed by atoms with Gasteiger partial charge in [-0.15, -0.1) is 0 Å². The summed E-state index contributed by atoms with van der Waals surface area (Å²) in [6.07, 6.45) is 3.62. The Morgan fingerprint density at radius 3 is 2.85 bits per heavy atom. The molecule has 3 aromatic rings. The molecular weight excluding hydrogens is 274 g/mol. The van der Waals surface area contributed by atoms with E-state index in [0.717, 1.165) is 11.1 Å². The van der Waals surface area contributed by atoms with Crippen molar-refractivity contribution < 1.29 is 4.79 Å². The fraction of sp³-hybridized carbons (Fsp3) is 0.0667. The molecule has 0 aliphatic carbocycles. The number of benzene rings is 1. The second-order valence-electron chi connectivity index (χ2n) is 4.36. The Kier molecular flexibility index (Phi) is 3.39. The van der Waals surface area contributed by atoms with E-state index in [1.807, 2.05) is 24.4 Å². The highest BCUT2D eigenvalue weighted by molar-refractivity contribution is 6.33. The van der Waals surface area contributed by atoms with E-state index in [9.17, 15) is 4.79 Å².